The van der Waals surface area contributed by atoms with E-state index in [0.29, 0.717) is 60.1 Å². The third-order valence-electron chi connectivity index (χ3n) is 9.04. The SMILES string of the molecule is O=C(O)C1CCCCC1C(=O)N1CCc2c(Cl)ccc(OCc3nccn3CC(F)F)c2[C@H]1CN1Cc2ccccc2C1=O. The van der Waals surface area contributed by atoms with Crippen LogP contribution in [0.4, 0.5) is 8.78 Å². The molecule has 3 atom stereocenters. The van der Waals surface area contributed by atoms with E-state index >= 15 is 0 Å². The summed E-state index contributed by atoms with van der Waals surface area (Å²) in [5.74, 6) is -2.13. The van der Waals surface area contributed by atoms with Crippen LogP contribution in [0.1, 0.15) is 64.6 Å². The second-order valence-electron chi connectivity index (χ2n) is 11.6. The molecule has 0 bridgehead atoms. The maximum absolute atomic E-state index is 14.3. The van der Waals surface area contributed by atoms with Gasteiger partial charge in [0.25, 0.3) is 12.3 Å². The zero-order chi connectivity index (χ0) is 31.0. The van der Waals surface area contributed by atoms with Crippen LogP contribution < -0.4 is 4.74 Å². The average Bonchev–Trinajstić information content (AvgIpc) is 3.59. The van der Waals surface area contributed by atoms with E-state index in [1.165, 1.54) is 17.0 Å². The lowest BCUT2D eigenvalue weighted by atomic mass is 9.77. The Morgan fingerprint density at radius 1 is 1.11 bits per heavy atom. The van der Waals surface area contributed by atoms with Gasteiger partial charge >= 0.3 is 5.97 Å². The molecule has 2 aromatic carbocycles. The number of nitrogens with zero attached hydrogens (tertiary/aromatic N) is 4. The first-order valence-electron chi connectivity index (χ1n) is 14.9. The predicted octanol–water partition coefficient (Wildman–Crippen LogP) is 5.35. The minimum atomic E-state index is -2.56. The van der Waals surface area contributed by atoms with Crippen molar-refractivity contribution >= 4 is 29.4 Å². The molecule has 1 saturated carbocycles. The molecule has 232 valence electrons. The minimum absolute atomic E-state index is 0.105. The summed E-state index contributed by atoms with van der Waals surface area (Å²) >= 11 is 6.70. The van der Waals surface area contributed by atoms with E-state index in [2.05, 4.69) is 4.98 Å². The number of ether oxygens (including phenoxy) is 1. The van der Waals surface area contributed by atoms with Gasteiger partial charge in [-0.2, -0.15) is 0 Å². The van der Waals surface area contributed by atoms with E-state index in [-0.39, 0.29) is 25.0 Å². The molecule has 2 unspecified atom stereocenters. The Morgan fingerprint density at radius 3 is 2.64 bits per heavy atom. The average molecular weight is 627 g/mol. The van der Waals surface area contributed by atoms with Gasteiger partial charge < -0.3 is 24.2 Å². The molecule has 3 heterocycles. The molecule has 1 aromatic heterocycles. The van der Waals surface area contributed by atoms with Gasteiger partial charge in [-0.3, -0.25) is 14.4 Å². The molecule has 0 spiro atoms. The maximum atomic E-state index is 14.3. The predicted molar refractivity (Wildman–Crippen MR) is 156 cm³/mol. The molecule has 2 amide bonds. The molecule has 0 radical (unpaired) electrons. The van der Waals surface area contributed by atoms with Gasteiger partial charge in [-0.05, 0) is 48.6 Å². The van der Waals surface area contributed by atoms with Gasteiger partial charge in [0, 0.05) is 48.2 Å². The number of carbonyl (C=O) groups is 3. The number of hydrogen-bond donors (Lipinski definition) is 1. The van der Waals surface area contributed by atoms with Gasteiger partial charge in [0.15, 0.2) is 0 Å². The molecular weight excluding hydrogens is 594 g/mol. The van der Waals surface area contributed by atoms with Crippen LogP contribution in [-0.2, 0) is 35.7 Å². The number of carboxylic acid groups (broad SMARTS) is 1. The number of amides is 2. The van der Waals surface area contributed by atoms with Crippen molar-refractivity contribution in [1.82, 2.24) is 19.4 Å². The normalized spacial score (nSPS) is 21.4. The summed E-state index contributed by atoms with van der Waals surface area (Å²) in [6.07, 6.45) is 3.17. The quantitative estimate of drug-likeness (QED) is 0.343. The first-order chi connectivity index (χ1) is 21.2. The Morgan fingerprint density at radius 2 is 1.89 bits per heavy atom. The lowest BCUT2D eigenvalue weighted by Gasteiger charge is -2.43. The number of carboxylic acids is 1. The molecule has 9 nitrogen and oxygen atoms in total. The number of aromatic nitrogens is 2. The van der Waals surface area contributed by atoms with Crippen molar-refractivity contribution in [2.45, 2.75) is 64.3 Å². The summed E-state index contributed by atoms with van der Waals surface area (Å²) in [7, 11) is 0. The van der Waals surface area contributed by atoms with Crippen LogP contribution in [0.25, 0.3) is 0 Å². The van der Waals surface area contributed by atoms with E-state index in [0.717, 1.165) is 24.0 Å². The van der Waals surface area contributed by atoms with E-state index in [1.54, 1.807) is 28.0 Å². The van der Waals surface area contributed by atoms with Gasteiger partial charge in [0.1, 0.15) is 18.2 Å². The molecule has 12 heteroatoms. The fraction of sp³-hybridized carbons (Fsp3) is 0.438. The van der Waals surface area contributed by atoms with Crippen molar-refractivity contribution in [3.63, 3.8) is 0 Å². The van der Waals surface area contributed by atoms with E-state index in [9.17, 15) is 28.3 Å². The van der Waals surface area contributed by atoms with Crippen molar-refractivity contribution < 1.29 is 33.0 Å². The molecule has 6 rings (SSSR count). The fourth-order valence-corrected chi connectivity index (χ4v) is 7.16. The standard InChI is InChI=1S/C32H33ClF2N4O5/c33-24-9-10-26(44-18-28-36-12-14-37(28)17-27(34)35)29-23(24)11-13-39(31(41)21-7-3-4-8-22(21)32(42)43)25(29)16-38-15-19-5-1-2-6-20(19)30(38)40/h1-2,5-6,9-10,12,14,21-22,25,27H,3-4,7-8,11,13,15-18H2,(H,42,43)/t21?,22?,25-/m1/s1. The Labute approximate surface area is 258 Å². The highest BCUT2D eigenvalue weighted by molar-refractivity contribution is 6.31. The molecule has 3 aliphatic rings. The van der Waals surface area contributed by atoms with Crippen LogP contribution in [0.2, 0.25) is 5.02 Å². The molecule has 1 fully saturated rings. The maximum Gasteiger partial charge on any atom is 0.307 e. The van der Waals surface area contributed by atoms with Crippen LogP contribution in [0.3, 0.4) is 0 Å². The van der Waals surface area contributed by atoms with Gasteiger partial charge in [-0.15, -0.1) is 0 Å². The third-order valence-corrected chi connectivity index (χ3v) is 9.39. The number of benzene rings is 2. The van der Waals surface area contributed by atoms with E-state index in [4.69, 9.17) is 16.3 Å². The second kappa shape index (κ2) is 12.6. The van der Waals surface area contributed by atoms with E-state index in [1.807, 2.05) is 18.2 Å². The number of aliphatic carboxylic acids is 1. The number of alkyl halides is 2. The summed E-state index contributed by atoms with van der Waals surface area (Å²) in [5.41, 5.74) is 2.90. The number of imidazole rings is 1. The summed E-state index contributed by atoms with van der Waals surface area (Å²) in [6.45, 7) is 0.188. The lowest BCUT2D eigenvalue weighted by Crippen LogP contribution is -2.50. The van der Waals surface area contributed by atoms with Gasteiger partial charge in [-0.25, -0.2) is 13.8 Å². The molecule has 1 N–H and O–H groups in total. The largest absolute Gasteiger partial charge is 0.485 e. The Bertz CT molecular complexity index is 1580. The smallest absolute Gasteiger partial charge is 0.307 e. The van der Waals surface area contributed by atoms with Gasteiger partial charge in [0.2, 0.25) is 5.91 Å². The minimum Gasteiger partial charge on any atom is -0.485 e. The fourth-order valence-electron chi connectivity index (χ4n) is 6.90. The van der Waals surface area contributed by atoms with Crippen molar-refractivity contribution in [2.75, 3.05) is 13.1 Å². The third kappa shape index (κ3) is 5.77. The Balaban J connectivity index is 1.37. The first-order valence-corrected chi connectivity index (χ1v) is 15.2. The number of carbonyl (C=O) groups excluding carboxylic acids is 2. The molecule has 1 aliphatic carbocycles. The van der Waals surface area contributed by atoms with Crippen LogP contribution in [0, 0.1) is 11.8 Å². The van der Waals surface area contributed by atoms with E-state index < -0.39 is 36.8 Å². The van der Waals surface area contributed by atoms with Crippen LogP contribution in [0.5, 0.6) is 5.75 Å². The Kier molecular flexibility index (Phi) is 8.57. The van der Waals surface area contributed by atoms with Crippen molar-refractivity contribution in [2.24, 2.45) is 11.8 Å². The lowest BCUT2D eigenvalue weighted by molar-refractivity contribution is -0.153. The van der Waals surface area contributed by atoms with Gasteiger partial charge in [-0.1, -0.05) is 42.6 Å². The number of fused-ring (bicyclic) bond motifs is 2. The topological polar surface area (TPSA) is 105 Å². The number of hydrogen-bond acceptors (Lipinski definition) is 5. The second-order valence-corrected chi connectivity index (χ2v) is 12.0. The number of rotatable bonds is 9. The molecule has 44 heavy (non-hydrogen) atoms. The molecule has 3 aromatic rings. The summed E-state index contributed by atoms with van der Waals surface area (Å²) in [4.78, 5) is 47.5. The zero-order valence-corrected chi connectivity index (χ0v) is 24.8. The highest BCUT2D eigenvalue weighted by Crippen LogP contribution is 2.43. The van der Waals surface area contributed by atoms with Crippen molar-refractivity contribution in [3.05, 3.63) is 81.9 Å². The Hall–Kier alpha value is -3.99. The molecular formula is C32H33ClF2N4O5. The zero-order valence-electron chi connectivity index (χ0n) is 24.0. The summed E-state index contributed by atoms with van der Waals surface area (Å²) in [5, 5.41) is 10.4. The summed E-state index contributed by atoms with van der Waals surface area (Å²) in [6, 6.07) is 10.1. The highest BCUT2D eigenvalue weighted by atomic mass is 35.5. The first kappa shape index (κ1) is 30.1. The van der Waals surface area contributed by atoms with Crippen LogP contribution >= 0.6 is 11.6 Å². The highest BCUT2D eigenvalue weighted by Gasteiger charge is 2.44. The van der Waals surface area contributed by atoms with Crippen LogP contribution in [0.15, 0.2) is 48.8 Å². The van der Waals surface area contributed by atoms with Gasteiger partial charge in [0.05, 0.1) is 24.4 Å². The summed E-state index contributed by atoms with van der Waals surface area (Å²) < 4.78 is 33.8. The molecule has 2 aliphatic heterocycles. The van der Waals surface area contributed by atoms with Crippen molar-refractivity contribution in [3.8, 4) is 5.75 Å². The monoisotopic (exact) mass is 626 g/mol. The number of halogens is 3. The molecule has 0 saturated heterocycles. The van der Waals surface area contributed by atoms with Crippen LogP contribution in [-0.4, -0.2) is 61.8 Å². The van der Waals surface area contributed by atoms with Crippen molar-refractivity contribution in [1.29, 1.82) is 0 Å².